The van der Waals surface area contributed by atoms with Crippen molar-refractivity contribution in [2.24, 2.45) is 0 Å². The van der Waals surface area contributed by atoms with Crippen LogP contribution in [0.25, 0.3) is 0 Å². The predicted octanol–water partition coefficient (Wildman–Crippen LogP) is 1.64. The Hall–Kier alpha value is -2.57. The number of amides is 1. The number of pyridine rings is 1. The fourth-order valence-corrected chi connectivity index (χ4v) is 2.73. The van der Waals surface area contributed by atoms with Crippen molar-refractivity contribution in [3.63, 3.8) is 0 Å². The zero-order valence-corrected chi connectivity index (χ0v) is 12.0. The summed E-state index contributed by atoms with van der Waals surface area (Å²) in [5.41, 5.74) is 1.45. The molecule has 1 N–H and O–H groups in total. The van der Waals surface area contributed by atoms with Gasteiger partial charge < -0.3 is 14.8 Å². The van der Waals surface area contributed by atoms with E-state index in [1.807, 2.05) is 10.7 Å². The lowest BCUT2D eigenvalue weighted by atomic mass is 10.1. The number of carbonyl (C=O) groups is 1. The maximum Gasteiger partial charge on any atom is 0.275 e. The molecule has 0 spiro atoms. The van der Waals surface area contributed by atoms with Crippen molar-refractivity contribution in [1.82, 2.24) is 14.8 Å². The molecule has 0 fully saturated rings. The van der Waals surface area contributed by atoms with Gasteiger partial charge in [0.2, 0.25) is 0 Å². The van der Waals surface area contributed by atoms with E-state index in [9.17, 15) is 4.79 Å². The normalized spacial score (nSPS) is 16.0. The van der Waals surface area contributed by atoms with Crippen molar-refractivity contribution >= 4 is 11.7 Å². The van der Waals surface area contributed by atoms with Gasteiger partial charge in [-0.15, -0.1) is 0 Å². The van der Waals surface area contributed by atoms with Gasteiger partial charge in [0.1, 0.15) is 18.9 Å². The van der Waals surface area contributed by atoms with Crippen LogP contribution < -0.4 is 14.8 Å². The van der Waals surface area contributed by atoms with Crippen LogP contribution >= 0.6 is 0 Å². The van der Waals surface area contributed by atoms with Crippen LogP contribution in [0.1, 0.15) is 29.0 Å². The van der Waals surface area contributed by atoms with Crippen LogP contribution in [0.15, 0.2) is 18.3 Å². The summed E-state index contributed by atoms with van der Waals surface area (Å²) in [6, 6.07) is 3.52. The molecule has 2 aromatic rings. The number of rotatable bonds is 2. The molecule has 4 rings (SSSR count). The SMILES string of the molecule is O=C(Nc1cc2n(n1)CCCC2)c1cc2c(cn1)OCCO2. The first kappa shape index (κ1) is 13.1. The standard InChI is InChI=1S/C15H16N4O3/c20-15(11-8-12-13(9-16-11)22-6-5-21-12)17-14-7-10-3-1-2-4-19(10)18-14/h7-9H,1-6H2,(H,17,18,20). The molecule has 0 radical (unpaired) electrons. The van der Waals surface area contributed by atoms with Crippen LogP contribution in [0.4, 0.5) is 5.82 Å². The third-order valence-electron chi connectivity index (χ3n) is 3.82. The van der Waals surface area contributed by atoms with E-state index in [1.165, 1.54) is 12.6 Å². The van der Waals surface area contributed by atoms with Gasteiger partial charge in [0, 0.05) is 24.4 Å². The number of carbonyl (C=O) groups excluding carboxylic acids is 1. The third kappa shape index (κ3) is 2.38. The Morgan fingerprint density at radius 2 is 2.05 bits per heavy atom. The fourth-order valence-electron chi connectivity index (χ4n) is 2.73. The van der Waals surface area contributed by atoms with Gasteiger partial charge in [0.15, 0.2) is 17.3 Å². The van der Waals surface area contributed by atoms with E-state index in [-0.39, 0.29) is 11.6 Å². The monoisotopic (exact) mass is 300 g/mol. The summed E-state index contributed by atoms with van der Waals surface area (Å²) in [6.45, 7) is 1.89. The molecule has 0 bridgehead atoms. The van der Waals surface area contributed by atoms with Gasteiger partial charge in [-0.1, -0.05) is 0 Å². The van der Waals surface area contributed by atoms with E-state index in [4.69, 9.17) is 9.47 Å². The number of nitrogens with zero attached hydrogens (tertiary/aromatic N) is 3. The van der Waals surface area contributed by atoms with Crippen molar-refractivity contribution < 1.29 is 14.3 Å². The number of hydrogen-bond acceptors (Lipinski definition) is 5. The molecule has 0 aliphatic carbocycles. The fraction of sp³-hybridized carbons (Fsp3) is 0.400. The molecule has 2 aliphatic heterocycles. The Kier molecular flexibility index (Phi) is 3.17. The molecule has 0 aromatic carbocycles. The maximum absolute atomic E-state index is 12.3. The van der Waals surface area contributed by atoms with Crippen molar-refractivity contribution in [2.75, 3.05) is 18.5 Å². The molecule has 7 heteroatoms. The minimum Gasteiger partial charge on any atom is -0.486 e. The van der Waals surface area contributed by atoms with E-state index in [0.29, 0.717) is 30.5 Å². The molecule has 0 saturated carbocycles. The zero-order chi connectivity index (χ0) is 14.9. The molecule has 2 aliphatic rings. The lowest BCUT2D eigenvalue weighted by Crippen LogP contribution is -2.18. The summed E-state index contributed by atoms with van der Waals surface area (Å²) in [6.07, 6.45) is 4.82. The second-order valence-electron chi connectivity index (χ2n) is 5.37. The summed E-state index contributed by atoms with van der Waals surface area (Å²) in [4.78, 5) is 16.4. The average molecular weight is 300 g/mol. The largest absolute Gasteiger partial charge is 0.486 e. The third-order valence-corrected chi connectivity index (χ3v) is 3.82. The second-order valence-corrected chi connectivity index (χ2v) is 5.37. The van der Waals surface area contributed by atoms with Crippen molar-refractivity contribution in [3.8, 4) is 11.5 Å². The number of ether oxygens (including phenoxy) is 2. The van der Waals surface area contributed by atoms with Crippen LogP contribution in [0.3, 0.4) is 0 Å². The second kappa shape index (κ2) is 5.32. The first-order valence-electron chi connectivity index (χ1n) is 7.43. The molecule has 7 nitrogen and oxygen atoms in total. The zero-order valence-electron chi connectivity index (χ0n) is 12.0. The smallest absolute Gasteiger partial charge is 0.275 e. The number of aromatic nitrogens is 3. The Morgan fingerprint density at radius 1 is 1.18 bits per heavy atom. The molecule has 2 aromatic heterocycles. The highest BCUT2D eigenvalue weighted by Gasteiger charge is 2.18. The lowest BCUT2D eigenvalue weighted by Gasteiger charge is -2.17. The Bertz CT molecular complexity index is 702. The first-order valence-corrected chi connectivity index (χ1v) is 7.43. The quantitative estimate of drug-likeness (QED) is 0.912. The highest BCUT2D eigenvalue weighted by atomic mass is 16.6. The first-order chi connectivity index (χ1) is 10.8. The van der Waals surface area contributed by atoms with Gasteiger partial charge in [-0.3, -0.25) is 9.48 Å². The molecule has 0 unspecified atom stereocenters. The number of anilines is 1. The number of nitrogens with one attached hydrogen (secondary N) is 1. The van der Waals surface area contributed by atoms with Crippen molar-refractivity contribution in [1.29, 1.82) is 0 Å². The van der Waals surface area contributed by atoms with Gasteiger partial charge in [-0.05, 0) is 19.3 Å². The van der Waals surface area contributed by atoms with E-state index >= 15 is 0 Å². The number of aryl methyl sites for hydroxylation is 2. The van der Waals surface area contributed by atoms with Gasteiger partial charge in [0.25, 0.3) is 5.91 Å². The topological polar surface area (TPSA) is 78.3 Å². The van der Waals surface area contributed by atoms with Crippen molar-refractivity contribution in [2.45, 2.75) is 25.8 Å². The highest BCUT2D eigenvalue weighted by molar-refractivity contribution is 6.02. The van der Waals surface area contributed by atoms with E-state index in [1.54, 1.807) is 6.07 Å². The molecular formula is C15H16N4O3. The van der Waals surface area contributed by atoms with Crippen LogP contribution in [0.2, 0.25) is 0 Å². The van der Waals surface area contributed by atoms with E-state index in [2.05, 4.69) is 15.4 Å². The molecular weight excluding hydrogens is 284 g/mol. The lowest BCUT2D eigenvalue weighted by molar-refractivity contribution is 0.102. The molecule has 114 valence electrons. The van der Waals surface area contributed by atoms with E-state index in [0.717, 1.165) is 25.1 Å². The molecule has 1 amide bonds. The number of hydrogen-bond donors (Lipinski definition) is 1. The number of fused-ring (bicyclic) bond motifs is 2. The van der Waals surface area contributed by atoms with Crippen LogP contribution in [0.5, 0.6) is 11.5 Å². The summed E-state index contributed by atoms with van der Waals surface area (Å²) in [7, 11) is 0. The Labute approximate surface area is 127 Å². The Morgan fingerprint density at radius 3 is 2.91 bits per heavy atom. The molecule has 22 heavy (non-hydrogen) atoms. The minimum atomic E-state index is -0.299. The van der Waals surface area contributed by atoms with Crippen LogP contribution in [-0.2, 0) is 13.0 Å². The maximum atomic E-state index is 12.3. The minimum absolute atomic E-state index is 0.287. The van der Waals surface area contributed by atoms with Crippen LogP contribution in [0, 0.1) is 0 Å². The van der Waals surface area contributed by atoms with Gasteiger partial charge >= 0.3 is 0 Å². The van der Waals surface area contributed by atoms with Gasteiger partial charge in [-0.25, -0.2) is 4.98 Å². The molecule has 0 atom stereocenters. The predicted molar refractivity (Wildman–Crippen MR) is 78.3 cm³/mol. The summed E-state index contributed by atoms with van der Waals surface area (Å²) in [5, 5.41) is 7.20. The van der Waals surface area contributed by atoms with Crippen molar-refractivity contribution in [3.05, 3.63) is 29.7 Å². The average Bonchev–Trinajstić information content (AvgIpc) is 2.96. The molecule has 4 heterocycles. The highest BCUT2D eigenvalue weighted by Crippen LogP contribution is 2.29. The Balaban J connectivity index is 1.53. The molecule has 0 saturated heterocycles. The van der Waals surface area contributed by atoms with Gasteiger partial charge in [-0.2, -0.15) is 5.10 Å². The summed E-state index contributed by atoms with van der Waals surface area (Å²) < 4.78 is 12.8. The van der Waals surface area contributed by atoms with Gasteiger partial charge in [0.05, 0.1) is 6.20 Å². The van der Waals surface area contributed by atoms with E-state index < -0.39 is 0 Å². The summed E-state index contributed by atoms with van der Waals surface area (Å²) in [5.74, 6) is 1.39. The van der Waals surface area contributed by atoms with Crippen LogP contribution in [-0.4, -0.2) is 33.9 Å². The summed E-state index contributed by atoms with van der Waals surface area (Å²) >= 11 is 0.